The predicted molar refractivity (Wildman–Crippen MR) is 142 cm³/mol. The zero-order valence-corrected chi connectivity index (χ0v) is 21.8. The molecule has 1 atom stereocenters. The number of nitrogens with one attached hydrogen (secondary N) is 1. The number of aromatic nitrogens is 3. The molecule has 3 heterocycles. The third-order valence-corrected chi connectivity index (χ3v) is 8.52. The summed E-state index contributed by atoms with van der Waals surface area (Å²) in [5.41, 5.74) is 5.22. The normalized spacial score (nSPS) is 15.7. The third kappa shape index (κ3) is 4.46. The summed E-state index contributed by atoms with van der Waals surface area (Å²) >= 11 is 3.23. The first-order chi connectivity index (χ1) is 16.8. The lowest BCUT2D eigenvalue weighted by molar-refractivity contribution is 0.0731. The van der Waals surface area contributed by atoms with E-state index in [-0.39, 0.29) is 17.9 Å². The fourth-order valence-corrected chi connectivity index (χ4v) is 6.45. The van der Waals surface area contributed by atoms with E-state index >= 15 is 0 Å². The van der Waals surface area contributed by atoms with Crippen LogP contribution in [0.2, 0.25) is 0 Å². The van der Waals surface area contributed by atoms with Gasteiger partial charge in [-0.15, -0.1) is 23.1 Å². The van der Waals surface area contributed by atoms with Gasteiger partial charge in [0.1, 0.15) is 5.69 Å². The van der Waals surface area contributed by atoms with Gasteiger partial charge in [-0.05, 0) is 43.5 Å². The van der Waals surface area contributed by atoms with Crippen LogP contribution in [0.3, 0.4) is 0 Å². The molecule has 9 heteroatoms. The van der Waals surface area contributed by atoms with Gasteiger partial charge in [-0.3, -0.25) is 14.3 Å². The van der Waals surface area contributed by atoms with Crippen LogP contribution in [-0.2, 0) is 7.05 Å². The molecule has 7 nitrogen and oxygen atoms in total. The molecule has 1 saturated heterocycles. The quantitative estimate of drug-likeness (QED) is 0.430. The van der Waals surface area contributed by atoms with Crippen molar-refractivity contribution in [2.24, 2.45) is 7.05 Å². The van der Waals surface area contributed by atoms with Crippen LogP contribution in [0.25, 0.3) is 21.3 Å². The number of thiazole rings is 1. The molecule has 0 spiro atoms. The predicted octanol–water partition coefficient (Wildman–Crippen LogP) is 4.57. The number of hydrogen-bond donors (Lipinski definition) is 1. The van der Waals surface area contributed by atoms with E-state index in [1.165, 1.54) is 11.1 Å². The first-order valence-electron chi connectivity index (χ1n) is 11.5. The highest BCUT2D eigenvalue weighted by Crippen LogP contribution is 2.34. The van der Waals surface area contributed by atoms with Crippen molar-refractivity contribution in [2.75, 3.05) is 18.2 Å². The molecule has 2 aromatic heterocycles. The summed E-state index contributed by atoms with van der Waals surface area (Å²) in [6.45, 7) is 6.45. The molecule has 1 N–H and O–H groups in total. The van der Waals surface area contributed by atoms with E-state index in [1.807, 2.05) is 43.1 Å². The molecule has 1 fully saturated rings. The van der Waals surface area contributed by atoms with Crippen LogP contribution in [0.15, 0.2) is 42.5 Å². The number of nitrogens with zero attached hydrogens (tertiary/aromatic N) is 4. The van der Waals surface area contributed by atoms with Crippen LogP contribution >= 0.6 is 23.1 Å². The standard InChI is InChI=1S/C26H27N5O2S2/c1-15-9-10-18(11-16(15)2)24-23(28-17(3)35-24)26(33)31-14-34-13-19(31)12-27-25(32)22-20-7-5-6-8-21(20)30(4)29-22/h5-11,19H,12-14H2,1-4H3,(H,27,32)/t19-/m1/s1. The largest absolute Gasteiger partial charge is 0.349 e. The maximum atomic E-state index is 13.6. The molecule has 1 aliphatic heterocycles. The molecular formula is C26H27N5O2S2. The van der Waals surface area contributed by atoms with Crippen molar-refractivity contribution < 1.29 is 9.59 Å². The summed E-state index contributed by atoms with van der Waals surface area (Å²) in [6, 6.07) is 13.8. The smallest absolute Gasteiger partial charge is 0.275 e. The molecule has 0 bridgehead atoms. The second-order valence-electron chi connectivity index (χ2n) is 8.84. The van der Waals surface area contributed by atoms with E-state index in [0.717, 1.165) is 32.1 Å². The fourth-order valence-electron chi connectivity index (χ4n) is 4.34. The molecule has 5 rings (SSSR count). The van der Waals surface area contributed by atoms with Crippen molar-refractivity contribution in [3.05, 3.63) is 70.0 Å². The average Bonchev–Trinajstić information content (AvgIpc) is 3.56. The Bertz CT molecular complexity index is 1440. The SMILES string of the molecule is Cc1nc(C(=O)N2CSC[C@H]2CNC(=O)c2nn(C)c3ccccc23)c(-c2ccc(C)c(C)c2)s1. The summed E-state index contributed by atoms with van der Waals surface area (Å²) in [6.07, 6.45) is 0. The Morgan fingerprint density at radius 2 is 1.89 bits per heavy atom. The summed E-state index contributed by atoms with van der Waals surface area (Å²) in [7, 11) is 1.83. The number of hydrogen-bond acceptors (Lipinski definition) is 6. The van der Waals surface area contributed by atoms with E-state index in [9.17, 15) is 9.59 Å². The molecule has 0 saturated carbocycles. The van der Waals surface area contributed by atoms with Crippen LogP contribution in [0.5, 0.6) is 0 Å². The van der Waals surface area contributed by atoms with E-state index in [0.29, 0.717) is 23.8 Å². The van der Waals surface area contributed by atoms with Crippen molar-refractivity contribution >= 4 is 45.8 Å². The summed E-state index contributed by atoms with van der Waals surface area (Å²) < 4.78 is 1.71. The highest BCUT2D eigenvalue weighted by atomic mass is 32.2. The fraction of sp³-hybridized carbons (Fsp3) is 0.308. The van der Waals surface area contributed by atoms with Crippen LogP contribution in [0.4, 0.5) is 0 Å². The first-order valence-corrected chi connectivity index (χ1v) is 13.4. The maximum Gasteiger partial charge on any atom is 0.275 e. The van der Waals surface area contributed by atoms with Gasteiger partial charge in [0.15, 0.2) is 5.69 Å². The zero-order valence-electron chi connectivity index (χ0n) is 20.2. The number of amides is 2. The summed E-state index contributed by atoms with van der Waals surface area (Å²) in [5, 5.41) is 9.09. The van der Waals surface area contributed by atoms with Crippen LogP contribution in [0, 0.1) is 20.8 Å². The molecule has 4 aromatic rings. The van der Waals surface area contributed by atoms with E-state index in [1.54, 1.807) is 27.8 Å². The second kappa shape index (κ2) is 9.47. The van der Waals surface area contributed by atoms with Gasteiger partial charge in [0, 0.05) is 24.7 Å². The minimum Gasteiger partial charge on any atom is -0.349 e. The Balaban J connectivity index is 1.34. The average molecular weight is 506 g/mol. The summed E-state index contributed by atoms with van der Waals surface area (Å²) in [4.78, 5) is 34.0. The van der Waals surface area contributed by atoms with E-state index in [2.05, 4.69) is 47.4 Å². The topological polar surface area (TPSA) is 80.1 Å². The molecule has 0 aliphatic carbocycles. The van der Waals surface area contributed by atoms with Gasteiger partial charge in [0.2, 0.25) is 0 Å². The van der Waals surface area contributed by atoms with Crippen molar-refractivity contribution in [1.82, 2.24) is 25.0 Å². The summed E-state index contributed by atoms with van der Waals surface area (Å²) in [5.74, 6) is 1.02. The number of benzene rings is 2. The van der Waals surface area contributed by atoms with E-state index < -0.39 is 0 Å². The monoisotopic (exact) mass is 505 g/mol. The highest BCUT2D eigenvalue weighted by Gasteiger charge is 2.33. The third-order valence-electron chi connectivity index (χ3n) is 6.42. The molecule has 180 valence electrons. The number of carbonyl (C=O) groups is 2. The Kier molecular flexibility index (Phi) is 6.37. The minimum atomic E-state index is -0.230. The Labute approximate surface area is 212 Å². The van der Waals surface area contributed by atoms with Crippen LogP contribution in [-0.4, -0.2) is 55.7 Å². The first kappa shape index (κ1) is 23.6. The van der Waals surface area contributed by atoms with Crippen LogP contribution < -0.4 is 5.32 Å². The second-order valence-corrected chi connectivity index (χ2v) is 11.0. The van der Waals surface area contributed by atoms with Gasteiger partial charge < -0.3 is 10.2 Å². The van der Waals surface area contributed by atoms with Gasteiger partial charge >= 0.3 is 0 Å². The Hall–Kier alpha value is -3.17. The molecule has 35 heavy (non-hydrogen) atoms. The van der Waals surface area contributed by atoms with Crippen molar-refractivity contribution in [3.63, 3.8) is 0 Å². The molecule has 1 aliphatic rings. The van der Waals surface area contributed by atoms with Gasteiger partial charge in [0.25, 0.3) is 11.8 Å². The minimum absolute atomic E-state index is 0.0879. The Morgan fingerprint density at radius 1 is 1.09 bits per heavy atom. The van der Waals surface area contributed by atoms with Gasteiger partial charge in [0.05, 0.1) is 27.3 Å². The van der Waals surface area contributed by atoms with Crippen molar-refractivity contribution in [2.45, 2.75) is 26.8 Å². The maximum absolute atomic E-state index is 13.6. The zero-order chi connectivity index (χ0) is 24.7. The number of fused-ring (bicyclic) bond motifs is 1. The molecule has 0 radical (unpaired) electrons. The number of thioether (sulfide) groups is 1. The van der Waals surface area contributed by atoms with Crippen molar-refractivity contribution in [3.8, 4) is 10.4 Å². The number of carbonyl (C=O) groups excluding carboxylic acids is 2. The highest BCUT2D eigenvalue weighted by molar-refractivity contribution is 7.99. The number of rotatable bonds is 5. The lowest BCUT2D eigenvalue weighted by atomic mass is 10.0. The van der Waals surface area contributed by atoms with Crippen LogP contribution in [0.1, 0.15) is 37.1 Å². The molecule has 0 unspecified atom stereocenters. The van der Waals surface area contributed by atoms with Gasteiger partial charge in [-0.2, -0.15) is 5.10 Å². The molecule has 2 aromatic carbocycles. The number of aryl methyl sites for hydroxylation is 4. The molecule has 2 amide bonds. The molecular weight excluding hydrogens is 478 g/mol. The van der Waals surface area contributed by atoms with E-state index in [4.69, 9.17) is 0 Å². The van der Waals surface area contributed by atoms with Gasteiger partial charge in [-0.1, -0.05) is 36.4 Å². The number of para-hydroxylation sites is 1. The lowest BCUT2D eigenvalue weighted by Gasteiger charge is -2.23. The van der Waals surface area contributed by atoms with Gasteiger partial charge in [-0.25, -0.2) is 4.98 Å². The lowest BCUT2D eigenvalue weighted by Crippen LogP contribution is -2.44. The van der Waals surface area contributed by atoms with Crippen molar-refractivity contribution in [1.29, 1.82) is 0 Å². The Morgan fingerprint density at radius 3 is 2.69 bits per heavy atom.